The van der Waals surface area contributed by atoms with Crippen LogP contribution in [0, 0.1) is 11.3 Å². The number of ether oxygens (including phenoxy) is 4. The topological polar surface area (TPSA) is 205 Å². The number of nitriles is 1. The molecule has 15 nitrogen and oxygen atoms in total. The molecule has 0 radical (unpaired) electrons. The summed E-state index contributed by atoms with van der Waals surface area (Å²) in [6, 6.07) is 3.37. The first kappa shape index (κ1) is 34.3. The lowest BCUT2D eigenvalue weighted by Crippen LogP contribution is -2.36. The molecule has 0 bridgehead atoms. The molecular weight excluding hydrogens is 674 g/mol. The predicted molar refractivity (Wildman–Crippen MR) is 159 cm³/mol. The van der Waals surface area contributed by atoms with Crippen molar-refractivity contribution >= 4 is 57.9 Å². The number of carbonyl (C=O) groups is 2. The molecule has 0 amide bonds. The Bertz CT molecular complexity index is 1680. The normalized spacial score (nSPS) is 26.8. The summed E-state index contributed by atoms with van der Waals surface area (Å²) in [5.74, 6) is -1.49. The number of anilines is 1. The Morgan fingerprint density at radius 2 is 2.04 bits per heavy atom. The molecule has 1 aliphatic carbocycles. The zero-order chi connectivity index (χ0) is 33.2. The molecule has 2 aromatic heterocycles. The van der Waals surface area contributed by atoms with Crippen molar-refractivity contribution in [3.8, 4) is 6.07 Å². The molecule has 46 heavy (non-hydrogen) atoms. The van der Waals surface area contributed by atoms with Crippen LogP contribution in [-0.2, 0) is 42.7 Å². The Balaban J connectivity index is 1.28. The van der Waals surface area contributed by atoms with Gasteiger partial charge in [0.05, 0.1) is 11.4 Å². The molecule has 2 N–H and O–H groups in total. The van der Waals surface area contributed by atoms with Crippen LogP contribution in [0.5, 0.6) is 0 Å². The van der Waals surface area contributed by atoms with E-state index in [0.717, 1.165) is 19.3 Å². The summed E-state index contributed by atoms with van der Waals surface area (Å²) < 4.78 is 79.5. The van der Waals surface area contributed by atoms with Crippen molar-refractivity contribution in [2.45, 2.75) is 88.6 Å². The summed E-state index contributed by atoms with van der Waals surface area (Å²) >= 11 is 6.34. The summed E-state index contributed by atoms with van der Waals surface area (Å²) in [4.78, 5) is 38.4. The summed E-state index contributed by atoms with van der Waals surface area (Å²) in [7, 11) is -9.17. The number of hydrogen-bond donors (Lipinski definition) is 2. The summed E-state index contributed by atoms with van der Waals surface area (Å²) in [5, 5.41) is 13.1. The molecule has 1 saturated carbocycles. The van der Waals surface area contributed by atoms with Crippen LogP contribution in [0.2, 0.25) is 5.15 Å². The smallest absolute Gasteiger partial charge is 0.438 e. The Morgan fingerprint density at radius 1 is 1.30 bits per heavy atom. The molecule has 1 unspecified atom stereocenters. The van der Waals surface area contributed by atoms with E-state index in [1.807, 2.05) is 13.0 Å². The Hall–Kier alpha value is -3.00. The largest absolute Gasteiger partial charge is 0.509 e. The molecule has 0 spiro atoms. The maximum Gasteiger partial charge on any atom is 0.509 e. The molecule has 4 heterocycles. The number of hydrogen-bond acceptors (Lipinski definition) is 13. The quantitative estimate of drug-likeness (QED) is 0.0870. The SMILES string of the molecule is CCCCCCC(=O)OCOP(=O)(O)CS(=O)(=O)C[C@H]1O[C@@H](n2ccc3c(NC4CC(F)C4)c(C#N)c(Cl)nc32)[C@@H]2OC(=O)O[C@@H]21. The minimum absolute atomic E-state index is 0.0523. The van der Waals surface area contributed by atoms with Gasteiger partial charge in [-0.05, 0) is 25.3 Å². The first-order valence-electron chi connectivity index (χ1n) is 14.7. The summed E-state index contributed by atoms with van der Waals surface area (Å²) in [6.07, 6.45) is -1.41. The number of halogens is 2. The van der Waals surface area contributed by atoms with Crippen molar-refractivity contribution in [3.05, 3.63) is 23.0 Å². The van der Waals surface area contributed by atoms with E-state index in [-0.39, 0.29) is 41.7 Å². The number of carbonyl (C=O) groups excluding carboxylic acids is 2. The summed E-state index contributed by atoms with van der Waals surface area (Å²) in [6.45, 7) is 1.12. The van der Waals surface area contributed by atoms with Crippen LogP contribution in [0.4, 0.5) is 14.9 Å². The number of fused-ring (bicyclic) bond motifs is 2. The van der Waals surface area contributed by atoms with E-state index in [1.54, 1.807) is 6.07 Å². The highest BCUT2D eigenvalue weighted by Gasteiger charge is 2.56. The molecule has 2 aromatic rings. The number of unbranched alkanes of at least 4 members (excludes halogenated alkanes) is 3. The van der Waals surface area contributed by atoms with Gasteiger partial charge >= 0.3 is 19.7 Å². The summed E-state index contributed by atoms with van der Waals surface area (Å²) in [5.41, 5.74) is -0.730. The average Bonchev–Trinajstić information content (AvgIpc) is 3.63. The number of esters is 1. The second kappa shape index (κ2) is 14.0. The third-order valence-electron chi connectivity index (χ3n) is 7.87. The molecular formula is C27H33ClFN4O11PS. The highest BCUT2D eigenvalue weighted by atomic mass is 35.5. The third-order valence-corrected chi connectivity index (χ3v) is 12.4. The van der Waals surface area contributed by atoms with Gasteiger partial charge in [-0.2, -0.15) is 5.26 Å². The minimum Gasteiger partial charge on any atom is -0.438 e. The zero-order valence-electron chi connectivity index (χ0n) is 24.7. The first-order chi connectivity index (χ1) is 21.8. The molecule has 3 fully saturated rings. The Labute approximate surface area is 268 Å². The molecule has 19 heteroatoms. The minimum atomic E-state index is -4.78. The number of sulfone groups is 1. The number of pyridine rings is 1. The maximum absolute atomic E-state index is 13.5. The highest BCUT2D eigenvalue weighted by molar-refractivity contribution is 7.97. The van der Waals surface area contributed by atoms with Gasteiger partial charge in [0.2, 0.25) is 6.79 Å². The van der Waals surface area contributed by atoms with Crippen LogP contribution >= 0.6 is 19.2 Å². The standard InChI is InChI=1S/C27H33ClFN4O11PS/c1-2-3-4-5-6-20(34)40-13-41-45(36,37)14-46(38,39)12-19-22-23(44-27(35)43-22)26(42-19)33-8-7-17-21(31-16-9-15(29)10-16)18(11-30)24(28)32-25(17)33/h7-8,15-16,19,22-23,26H,2-6,9-10,12-14H2,1H3,(H,31,32)(H,36,37)/t15?,16?,19-,22-,23-,26-/m1/s1. The monoisotopic (exact) mass is 706 g/mol. The van der Waals surface area contributed by atoms with Crippen LogP contribution in [0.15, 0.2) is 12.3 Å². The van der Waals surface area contributed by atoms with E-state index in [1.165, 1.54) is 10.8 Å². The molecule has 252 valence electrons. The van der Waals surface area contributed by atoms with Crippen molar-refractivity contribution in [2.75, 3.05) is 23.4 Å². The van der Waals surface area contributed by atoms with Crippen LogP contribution in [0.25, 0.3) is 11.0 Å². The highest BCUT2D eigenvalue weighted by Crippen LogP contribution is 2.46. The van der Waals surface area contributed by atoms with E-state index >= 15 is 0 Å². The van der Waals surface area contributed by atoms with E-state index in [4.69, 9.17) is 35.1 Å². The van der Waals surface area contributed by atoms with Crippen LogP contribution < -0.4 is 5.32 Å². The van der Waals surface area contributed by atoms with Gasteiger partial charge in [0.15, 0.2) is 38.9 Å². The van der Waals surface area contributed by atoms with Crippen LogP contribution in [0.3, 0.4) is 0 Å². The second-order valence-corrected chi connectivity index (χ2v) is 16.1. The Morgan fingerprint density at radius 3 is 2.74 bits per heavy atom. The number of rotatable bonds is 15. The van der Waals surface area contributed by atoms with E-state index in [0.29, 0.717) is 17.5 Å². The molecule has 0 aromatic carbocycles. The molecule has 5 rings (SSSR count). The van der Waals surface area contributed by atoms with Gasteiger partial charge in [0, 0.05) is 24.0 Å². The molecule has 5 atom stereocenters. The number of aromatic nitrogens is 2. The second-order valence-electron chi connectivity index (χ2n) is 11.4. The van der Waals surface area contributed by atoms with Gasteiger partial charge in [-0.3, -0.25) is 13.9 Å². The lowest BCUT2D eigenvalue weighted by molar-refractivity contribution is -0.150. The van der Waals surface area contributed by atoms with Crippen LogP contribution in [0.1, 0.15) is 63.7 Å². The fourth-order valence-electron chi connectivity index (χ4n) is 5.58. The number of alkyl halides is 1. The van der Waals surface area contributed by atoms with Gasteiger partial charge in [0.1, 0.15) is 29.6 Å². The molecule has 2 saturated heterocycles. The van der Waals surface area contributed by atoms with Gasteiger partial charge < -0.3 is 33.7 Å². The average molecular weight is 707 g/mol. The van der Waals surface area contributed by atoms with Gasteiger partial charge in [-0.1, -0.05) is 37.8 Å². The fraction of sp³-hybridized carbons (Fsp3) is 0.630. The maximum atomic E-state index is 13.5. The van der Waals surface area contributed by atoms with Crippen molar-refractivity contribution in [2.24, 2.45) is 0 Å². The van der Waals surface area contributed by atoms with E-state index < -0.39 is 78.3 Å². The van der Waals surface area contributed by atoms with Crippen molar-refractivity contribution in [1.29, 1.82) is 5.26 Å². The molecule has 2 aliphatic heterocycles. The Kier molecular flexibility index (Phi) is 10.5. The molecule has 3 aliphatic rings. The number of nitrogens with one attached hydrogen (secondary N) is 1. The van der Waals surface area contributed by atoms with Gasteiger partial charge in [0.25, 0.3) is 0 Å². The van der Waals surface area contributed by atoms with E-state index in [9.17, 15) is 37.1 Å². The van der Waals surface area contributed by atoms with Crippen molar-refractivity contribution < 1.29 is 55.3 Å². The van der Waals surface area contributed by atoms with Gasteiger partial charge in [-0.15, -0.1) is 0 Å². The van der Waals surface area contributed by atoms with E-state index in [2.05, 4.69) is 10.3 Å². The number of nitrogens with zero attached hydrogens (tertiary/aromatic N) is 3. The lowest BCUT2D eigenvalue weighted by atomic mass is 9.90. The fourth-order valence-corrected chi connectivity index (χ4v) is 9.49. The van der Waals surface area contributed by atoms with Crippen molar-refractivity contribution in [1.82, 2.24) is 9.55 Å². The van der Waals surface area contributed by atoms with Crippen LogP contribution in [-0.4, -0.2) is 83.6 Å². The first-order valence-corrected chi connectivity index (χ1v) is 18.6. The lowest BCUT2D eigenvalue weighted by Gasteiger charge is -2.31. The zero-order valence-corrected chi connectivity index (χ0v) is 27.1. The van der Waals surface area contributed by atoms with Crippen molar-refractivity contribution in [3.63, 3.8) is 0 Å². The third kappa shape index (κ3) is 7.75. The predicted octanol–water partition coefficient (Wildman–Crippen LogP) is 4.32. The van der Waals surface area contributed by atoms with Gasteiger partial charge in [-0.25, -0.2) is 22.6 Å².